The number of nitrogens with zero attached hydrogens (tertiary/aromatic N) is 1. The maximum Gasteiger partial charge on any atom is 0.242 e. The molecule has 0 atom stereocenters. The van der Waals surface area contributed by atoms with Crippen LogP contribution in [0.4, 0.5) is 5.69 Å². The van der Waals surface area contributed by atoms with Gasteiger partial charge in [-0.15, -0.1) is 0 Å². The molecule has 4 nitrogen and oxygen atoms in total. The van der Waals surface area contributed by atoms with E-state index in [1.165, 1.54) is 16.4 Å². The number of benzene rings is 1. The summed E-state index contributed by atoms with van der Waals surface area (Å²) in [4.78, 5) is 0.140. The first-order chi connectivity index (χ1) is 7.80. The Hall–Kier alpha value is -0.780. The van der Waals surface area contributed by atoms with Gasteiger partial charge in [-0.1, -0.05) is 18.5 Å². The summed E-state index contributed by atoms with van der Waals surface area (Å²) in [5, 5.41) is 0.369. The highest BCUT2D eigenvalue weighted by Gasteiger charge is 2.21. The minimum Gasteiger partial charge on any atom is -0.398 e. The zero-order valence-electron chi connectivity index (χ0n) is 10.2. The van der Waals surface area contributed by atoms with Gasteiger partial charge >= 0.3 is 0 Å². The normalized spacial score (nSPS) is 12.1. The van der Waals surface area contributed by atoms with Gasteiger partial charge in [0.2, 0.25) is 10.0 Å². The number of nitrogens with two attached hydrogens (primary N) is 1. The number of hydrogen-bond donors (Lipinski definition) is 1. The highest BCUT2D eigenvalue weighted by Crippen LogP contribution is 2.27. The van der Waals surface area contributed by atoms with Gasteiger partial charge < -0.3 is 5.73 Å². The molecule has 0 aliphatic rings. The third-order valence-electron chi connectivity index (χ3n) is 2.60. The zero-order chi connectivity index (χ0) is 13.2. The van der Waals surface area contributed by atoms with Gasteiger partial charge in [0.25, 0.3) is 0 Å². The number of nitrogen functional groups attached to an aromatic ring is 1. The van der Waals surface area contributed by atoms with E-state index in [4.69, 9.17) is 17.3 Å². The smallest absolute Gasteiger partial charge is 0.242 e. The van der Waals surface area contributed by atoms with Crippen molar-refractivity contribution in [2.45, 2.75) is 25.2 Å². The second kappa shape index (κ2) is 5.25. The van der Waals surface area contributed by atoms with Crippen LogP contribution in [0.3, 0.4) is 0 Å². The van der Waals surface area contributed by atoms with Crippen LogP contribution >= 0.6 is 11.6 Å². The minimum absolute atomic E-state index is 0.140. The Bertz CT molecular complexity index is 491. The molecule has 17 heavy (non-hydrogen) atoms. The maximum absolute atomic E-state index is 12.1. The largest absolute Gasteiger partial charge is 0.398 e. The molecule has 0 aromatic heterocycles. The third-order valence-corrected chi connectivity index (χ3v) is 4.83. The summed E-state index contributed by atoms with van der Waals surface area (Å²) in [5.41, 5.74) is 6.81. The van der Waals surface area contributed by atoms with E-state index in [0.29, 0.717) is 22.8 Å². The fourth-order valence-corrected chi connectivity index (χ4v) is 3.06. The fourth-order valence-electron chi connectivity index (χ4n) is 1.44. The van der Waals surface area contributed by atoms with Crippen molar-refractivity contribution in [3.05, 3.63) is 22.7 Å². The molecule has 0 heterocycles. The average molecular weight is 277 g/mol. The SMILES string of the molecule is CCCN(C)S(=O)(=O)c1cc(N)c(C)c(Cl)c1. The summed E-state index contributed by atoms with van der Waals surface area (Å²) in [5.74, 6) is 0. The second-order valence-corrected chi connectivity index (χ2v) is 6.40. The Morgan fingerprint density at radius 2 is 2.00 bits per heavy atom. The Labute approximate surface area is 107 Å². The Balaban J connectivity index is 3.25. The van der Waals surface area contributed by atoms with E-state index in [9.17, 15) is 8.42 Å². The molecule has 0 spiro atoms. The summed E-state index contributed by atoms with van der Waals surface area (Å²) >= 11 is 5.94. The molecule has 0 saturated heterocycles. The lowest BCUT2D eigenvalue weighted by Gasteiger charge is -2.17. The molecule has 0 fully saturated rings. The standard InChI is InChI=1S/C11H17ClN2O2S/c1-4-5-14(3)17(15,16)9-6-10(12)8(2)11(13)7-9/h6-7H,4-5,13H2,1-3H3. The van der Waals surface area contributed by atoms with Crippen LogP contribution in [-0.2, 0) is 10.0 Å². The lowest BCUT2D eigenvalue weighted by atomic mass is 10.2. The summed E-state index contributed by atoms with van der Waals surface area (Å²) in [7, 11) is -1.95. The molecular formula is C11H17ClN2O2S. The molecule has 1 aromatic carbocycles. The van der Waals surface area contributed by atoms with Gasteiger partial charge in [0.05, 0.1) is 4.90 Å². The van der Waals surface area contributed by atoms with E-state index in [2.05, 4.69) is 0 Å². The van der Waals surface area contributed by atoms with E-state index in [-0.39, 0.29) is 4.90 Å². The summed E-state index contributed by atoms with van der Waals surface area (Å²) < 4.78 is 25.6. The number of halogens is 1. The van der Waals surface area contributed by atoms with E-state index in [1.54, 1.807) is 14.0 Å². The van der Waals surface area contributed by atoms with Crippen LogP contribution in [0, 0.1) is 6.92 Å². The topological polar surface area (TPSA) is 63.4 Å². The summed E-state index contributed by atoms with van der Waals surface area (Å²) in [6, 6.07) is 2.89. The van der Waals surface area contributed by atoms with E-state index >= 15 is 0 Å². The second-order valence-electron chi connectivity index (χ2n) is 3.95. The summed E-state index contributed by atoms with van der Waals surface area (Å²) in [6.07, 6.45) is 0.755. The predicted molar refractivity (Wildman–Crippen MR) is 70.7 cm³/mol. The van der Waals surface area contributed by atoms with Crippen LogP contribution in [0.15, 0.2) is 17.0 Å². The molecule has 0 radical (unpaired) electrons. The van der Waals surface area contributed by atoms with Crippen molar-refractivity contribution < 1.29 is 8.42 Å². The Kier molecular flexibility index (Phi) is 4.41. The van der Waals surface area contributed by atoms with Crippen molar-refractivity contribution in [2.75, 3.05) is 19.3 Å². The van der Waals surface area contributed by atoms with Crippen LogP contribution in [0.25, 0.3) is 0 Å². The molecule has 1 aromatic rings. The van der Waals surface area contributed by atoms with Crippen molar-refractivity contribution in [2.24, 2.45) is 0 Å². The van der Waals surface area contributed by atoms with Gasteiger partial charge in [-0.3, -0.25) is 0 Å². The molecule has 0 aliphatic carbocycles. The molecule has 0 unspecified atom stereocenters. The molecule has 96 valence electrons. The van der Waals surface area contributed by atoms with Gasteiger partial charge in [0, 0.05) is 24.3 Å². The number of rotatable bonds is 4. The van der Waals surface area contributed by atoms with Gasteiger partial charge in [-0.25, -0.2) is 12.7 Å². The van der Waals surface area contributed by atoms with Crippen molar-refractivity contribution in [3.8, 4) is 0 Å². The quantitative estimate of drug-likeness (QED) is 0.858. The molecule has 0 aliphatic heterocycles. The van der Waals surface area contributed by atoms with E-state index < -0.39 is 10.0 Å². The lowest BCUT2D eigenvalue weighted by Crippen LogP contribution is -2.27. The predicted octanol–water partition coefficient (Wildman–Crippen LogP) is 2.26. The molecule has 0 bridgehead atoms. The molecule has 1 rings (SSSR count). The monoisotopic (exact) mass is 276 g/mol. The number of hydrogen-bond acceptors (Lipinski definition) is 3. The minimum atomic E-state index is -3.49. The van der Waals surface area contributed by atoms with Crippen LogP contribution < -0.4 is 5.73 Å². The highest BCUT2D eigenvalue weighted by molar-refractivity contribution is 7.89. The molecule has 0 amide bonds. The zero-order valence-corrected chi connectivity index (χ0v) is 11.8. The van der Waals surface area contributed by atoms with Crippen LogP contribution in [0.5, 0.6) is 0 Å². The Morgan fingerprint density at radius 3 is 2.47 bits per heavy atom. The van der Waals surface area contributed by atoms with Crippen molar-refractivity contribution in [1.82, 2.24) is 4.31 Å². The lowest BCUT2D eigenvalue weighted by molar-refractivity contribution is 0.468. The number of sulfonamides is 1. The van der Waals surface area contributed by atoms with Crippen LogP contribution in [0.2, 0.25) is 5.02 Å². The first kappa shape index (κ1) is 14.3. The van der Waals surface area contributed by atoms with Crippen LogP contribution in [-0.4, -0.2) is 26.3 Å². The van der Waals surface area contributed by atoms with Gasteiger partial charge in [0.1, 0.15) is 0 Å². The van der Waals surface area contributed by atoms with Gasteiger partial charge in [-0.05, 0) is 31.0 Å². The molecule has 2 N–H and O–H groups in total. The first-order valence-corrected chi connectivity index (χ1v) is 7.14. The third kappa shape index (κ3) is 2.91. The fraction of sp³-hybridized carbons (Fsp3) is 0.455. The van der Waals surface area contributed by atoms with E-state index in [0.717, 1.165) is 6.42 Å². The Morgan fingerprint density at radius 1 is 1.41 bits per heavy atom. The highest BCUT2D eigenvalue weighted by atomic mass is 35.5. The van der Waals surface area contributed by atoms with Crippen molar-refractivity contribution in [3.63, 3.8) is 0 Å². The van der Waals surface area contributed by atoms with Gasteiger partial charge in [-0.2, -0.15) is 0 Å². The van der Waals surface area contributed by atoms with Crippen molar-refractivity contribution >= 4 is 27.3 Å². The van der Waals surface area contributed by atoms with E-state index in [1.807, 2.05) is 6.92 Å². The van der Waals surface area contributed by atoms with Crippen molar-refractivity contribution in [1.29, 1.82) is 0 Å². The summed E-state index contributed by atoms with van der Waals surface area (Å²) in [6.45, 7) is 4.14. The molecule has 0 saturated carbocycles. The number of anilines is 1. The maximum atomic E-state index is 12.1. The van der Waals surface area contributed by atoms with Crippen LogP contribution in [0.1, 0.15) is 18.9 Å². The average Bonchev–Trinajstić information content (AvgIpc) is 2.25. The van der Waals surface area contributed by atoms with Gasteiger partial charge in [0.15, 0.2) is 0 Å². The first-order valence-electron chi connectivity index (χ1n) is 5.32. The molecular weight excluding hydrogens is 260 g/mol. The molecule has 6 heteroatoms.